The molecule has 0 radical (unpaired) electrons. The minimum Gasteiger partial charge on any atom is -0.484 e. The van der Waals surface area contributed by atoms with Crippen molar-refractivity contribution in [1.29, 1.82) is 0 Å². The zero-order chi connectivity index (χ0) is 18.7. The maximum atomic E-state index is 12.1. The first-order chi connectivity index (χ1) is 12.4. The number of halogens is 1. The second-order valence-electron chi connectivity index (χ2n) is 5.83. The van der Waals surface area contributed by atoms with E-state index >= 15 is 0 Å². The second-order valence-corrected chi connectivity index (χ2v) is 6.75. The van der Waals surface area contributed by atoms with E-state index in [0.717, 1.165) is 21.0 Å². The normalized spacial score (nSPS) is 10.6. The van der Waals surface area contributed by atoms with Crippen LogP contribution in [-0.4, -0.2) is 18.4 Å². The summed E-state index contributed by atoms with van der Waals surface area (Å²) in [5.41, 5.74) is 7.42. The van der Waals surface area contributed by atoms with E-state index in [1.54, 1.807) is 18.2 Å². The molecule has 0 bridgehead atoms. The third-order valence-corrected chi connectivity index (χ3v) is 4.36. The lowest BCUT2D eigenvalue weighted by molar-refractivity contribution is -0.123. The van der Waals surface area contributed by atoms with Crippen LogP contribution < -0.4 is 15.6 Å². The molecule has 0 fully saturated rings. The molecule has 0 unspecified atom stereocenters. The van der Waals surface area contributed by atoms with Crippen molar-refractivity contribution in [2.45, 2.75) is 13.8 Å². The zero-order valence-corrected chi connectivity index (χ0v) is 15.8. The van der Waals surface area contributed by atoms with E-state index in [4.69, 9.17) is 9.15 Å². The molecule has 0 aliphatic heterocycles. The van der Waals surface area contributed by atoms with Gasteiger partial charge in [0.15, 0.2) is 12.4 Å². The third-order valence-electron chi connectivity index (χ3n) is 3.87. The molecule has 0 spiro atoms. The SMILES string of the molecule is Cc1ccc(OCC(=O)NNC(=O)c2cc3cc(Br)ccc3o2)cc1C. The van der Waals surface area contributed by atoms with Crippen LogP contribution in [0.5, 0.6) is 5.75 Å². The van der Waals surface area contributed by atoms with Crippen LogP contribution in [0.3, 0.4) is 0 Å². The largest absolute Gasteiger partial charge is 0.484 e. The van der Waals surface area contributed by atoms with Crippen molar-refractivity contribution in [1.82, 2.24) is 10.9 Å². The summed E-state index contributed by atoms with van der Waals surface area (Å²) in [6.45, 7) is 3.75. The molecule has 1 heterocycles. The summed E-state index contributed by atoms with van der Waals surface area (Å²) in [6, 6.07) is 12.6. The quantitative estimate of drug-likeness (QED) is 0.636. The van der Waals surface area contributed by atoms with Crippen molar-refractivity contribution in [3.63, 3.8) is 0 Å². The minimum absolute atomic E-state index is 0.105. The molecular formula is C19H17BrN2O4. The molecule has 134 valence electrons. The molecule has 3 aromatic rings. The van der Waals surface area contributed by atoms with Gasteiger partial charge in [0.1, 0.15) is 11.3 Å². The molecular weight excluding hydrogens is 400 g/mol. The molecule has 0 saturated carbocycles. The van der Waals surface area contributed by atoms with E-state index in [9.17, 15) is 9.59 Å². The Morgan fingerprint density at radius 1 is 1.04 bits per heavy atom. The monoisotopic (exact) mass is 416 g/mol. The topological polar surface area (TPSA) is 80.6 Å². The molecule has 6 nitrogen and oxygen atoms in total. The maximum absolute atomic E-state index is 12.1. The van der Waals surface area contributed by atoms with Crippen LogP contribution in [0.25, 0.3) is 11.0 Å². The van der Waals surface area contributed by atoms with Crippen LogP contribution in [0.1, 0.15) is 21.7 Å². The van der Waals surface area contributed by atoms with Gasteiger partial charge < -0.3 is 9.15 Å². The molecule has 1 aromatic heterocycles. The summed E-state index contributed by atoms with van der Waals surface area (Å²) >= 11 is 3.36. The Bertz CT molecular complexity index is 981. The number of rotatable bonds is 4. The summed E-state index contributed by atoms with van der Waals surface area (Å²) in [5.74, 6) is -0.321. The van der Waals surface area contributed by atoms with Gasteiger partial charge in [0.05, 0.1) is 0 Å². The lowest BCUT2D eigenvalue weighted by atomic mass is 10.1. The first-order valence-corrected chi connectivity index (χ1v) is 8.70. The highest BCUT2D eigenvalue weighted by molar-refractivity contribution is 9.10. The summed E-state index contributed by atoms with van der Waals surface area (Å²) in [5, 5.41) is 0.786. The van der Waals surface area contributed by atoms with Crippen molar-refractivity contribution in [2.75, 3.05) is 6.61 Å². The van der Waals surface area contributed by atoms with Crippen LogP contribution >= 0.6 is 15.9 Å². The Labute approximate surface area is 158 Å². The van der Waals surface area contributed by atoms with E-state index in [2.05, 4.69) is 26.8 Å². The van der Waals surface area contributed by atoms with Crippen molar-refractivity contribution in [3.8, 4) is 5.75 Å². The van der Waals surface area contributed by atoms with E-state index in [-0.39, 0.29) is 12.4 Å². The number of carbonyl (C=O) groups excluding carboxylic acids is 2. The number of benzene rings is 2. The van der Waals surface area contributed by atoms with Gasteiger partial charge in [-0.2, -0.15) is 0 Å². The molecule has 2 N–H and O–H groups in total. The molecule has 2 amide bonds. The standard InChI is InChI=1S/C19H17BrN2O4/c1-11-3-5-15(7-12(11)2)25-10-18(23)21-22-19(24)17-9-13-8-14(20)4-6-16(13)26-17/h3-9H,10H2,1-2H3,(H,21,23)(H,22,24). The molecule has 0 saturated heterocycles. The fourth-order valence-corrected chi connectivity index (χ4v) is 2.68. The Hall–Kier alpha value is -2.80. The van der Waals surface area contributed by atoms with E-state index in [1.807, 2.05) is 38.1 Å². The second kappa shape index (κ2) is 7.61. The van der Waals surface area contributed by atoms with Gasteiger partial charge in [-0.15, -0.1) is 0 Å². The lowest BCUT2D eigenvalue weighted by Crippen LogP contribution is -2.43. The zero-order valence-electron chi connectivity index (χ0n) is 14.3. The molecule has 3 rings (SSSR count). The van der Waals surface area contributed by atoms with E-state index in [0.29, 0.717) is 11.3 Å². The third kappa shape index (κ3) is 4.23. The van der Waals surface area contributed by atoms with Crippen molar-refractivity contribution < 1.29 is 18.7 Å². The van der Waals surface area contributed by atoms with Gasteiger partial charge in [-0.25, -0.2) is 0 Å². The highest BCUT2D eigenvalue weighted by atomic mass is 79.9. The van der Waals surface area contributed by atoms with E-state index < -0.39 is 11.8 Å². The molecule has 2 aromatic carbocycles. The Kier molecular flexibility index (Phi) is 5.27. The fraction of sp³-hybridized carbons (Fsp3) is 0.158. The predicted octanol–water partition coefficient (Wildman–Crippen LogP) is 3.65. The maximum Gasteiger partial charge on any atom is 0.305 e. The number of hydrogen-bond donors (Lipinski definition) is 2. The molecule has 0 aliphatic carbocycles. The number of hydrogen-bond acceptors (Lipinski definition) is 4. The van der Waals surface area contributed by atoms with Gasteiger partial charge in [-0.1, -0.05) is 22.0 Å². The number of nitrogens with one attached hydrogen (secondary N) is 2. The fourth-order valence-electron chi connectivity index (χ4n) is 2.30. The Morgan fingerprint density at radius 3 is 2.62 bits per heavy atom. The Balaban J connectivity index is 1.53. The summed E-state index contributed by atoms with van der Waals surface area (Å²) in [6.07, 6.45) is 0. The van der Waals surface area contributed by atoms with Crippen molar-refractivity contribution in [2.24, 2.45) is 0 Å². The minimum atomic E-state index is -0.545. The van der Waals surface area contributed by atoms with Gasteiger partial charge in [0, 0.05) is 9.86 Å². The van der Waals surface area contributed by atoms with Gasteiger partial charge in [-0.3, -0.25) is 20.4 Å². The number of furan rings is 1. The number of fused-ring (bicyclic) bond motifs is 1. The van der Waals surface area contributed by atoms with Crippen LogP contribution in [0, 0.1) is 13.8 Å². The van der Waals surface area contributed by atoms with Crippen LogP contribution in [0.4, 0.5) is 0 Å². The average molecular weight is 417 g/mol. The van der Waals surface area contributed by atoms with Crippen molar-refractivity contribution >= 4 is 38.7 Å². The van der Waals surface area contributed by atoms with Gasteiger partial charge in [-0.05, 0) is 61.4 Å². The number of carbonyl (C=O) groups is 2. The van der Waals surface area contributed by atoms with Gasteiger partial charge in [0.2, 0.25) is 0 Å². The number of aryl methyl sites for hydroxylation is 2. The van der Waals surface area contributed by atoms with Crippen molar-refractivity contribution in [3.05, 3.63) is 63.8 Å². The first-order valence-electron chi connectivity index (χ1n) is 7.91. The van der Waals surface area contributed by atoms with Crippen LogP contribution in [0.15, 0.2) is 51.4 Å². The lowest BCUT2D eigenvalue weighted by Gasteiger charge is -2.09. The highest BCUT2D eigenvalue weighted by Crippen LogP contribution is 2.23. The van der Waals surface area contributed by atoms with Crippen LogP contribution in [0.2, 0.25) is 0 Å². The summed E-state index contributed by atoms with van der Waals surface area (Å²) < 4.78 is 11.8. The molecule has 7 heteroatoms. The predicted molar refractivity (Wildman–Crippen MR) is 101 cm³/mol. The smallest absolute Gasteiger partial charge is 0.305 e. The van der Waals surface area contributed by atoms with E-state index in [1.165, 1.54) is 0 Å². The summed E-state index contributed by atoms with van der Waals surface area (Å²) in [4.78, 5) is 23.9. The highest BCUT2D eigenvalue weighted by Gasteiger charge is 2.13. The molecule has 26 heavy (non-hydrogen) atoms. The number of ether oxygens (including phenoxy) is 1. The van der Waals surface area contributed by atoms with Gasteiger partial charge in [0.25, 0.3) is 5.91 Å². The summed E-state index contributed by atoms with van der Waals surface area (Å²) in [7, 11) is 0. The molecule has 0 aliphatic rings. The van der Waals surface area contributed by atoms with Gasteiger partial charge >= 0.3 is 5.91 Å². The number of hydrazine groups is 1. The molecule has 0 atom stereocenters. The Morgan fingerprint density at radius 2 is 1.85 bits per heavy atom. The van der Waals surface area contributed by atoms with Crippen LogP contribution in [-0.2, 0) is 4.79 Å². The number of amides is 2. The average Bonchev–Trinajstić information content (AvgIpc) is 3.03. The first kappa shape index (κ1) is 18.0.